The minimum Gasteiger partial charge on any atom is -0.332 e. The van der Waals surface area contributed by atoms with Gasteiger partial charge in [0.15, 0.2) is 9.84 Å². The maximum absolute atomic E-state index is 11.9. The standard InChI is InChI=1S/C12H14Cl2N2O3S/c1-12(4-5-20(18,19)7-12)16-11(17)15-10-6-8(13)2-3-9(10)14/h2-3,6H,4-5,7H2,1H3,(H2,15,16,17)/t12-/m1/s1. The van der Waals surface area contributed by atoms with Gasteiger partial charge in [0.2, 0.25) is 0 Å². The maximum atomic E-state index is 11.9. The number of amides is 2. The van der Waals surface area contributed by atoms with Crippen LogP contribution >= 0.6 is 23.2 Å². The molecule has 110 valence electrons. The molecule has 1 atom stereocenters. The first-order chi connectivity index (χ1) is 9.19. The van der Waals surface area contributed by atoms with Crippen molar-refractivity contribution in [3.63, 3.8) is 0 Å². The predicted molar refractivity (Wildman–Crippen MR) is 80.3 cm³/mol. The van der Waals surface area contributed by atoms with Crippen molar-refractivity contribution in [2.24, 2.45) is 0 Å². The van der Waals surface area contributed by atoms with Crippen molar-refractivity contribution in [1.29, 1.82) is 0 Å². The molecular weight excluding hydrogens is 323 g/mol. The number of hydrogen-bond donors (Lipinski definition) is 2. The number of benzene rings is 1. The van der Waals surface area contributed by atoms with Crippen molar-refractivity contribution in [1.82, 2.24) is 5.32 Å². The number of anilines is 1. The number of nitrogens with one attached hydrogen (secondary N) is 2. The molecule has 0 saturated carbocycles. The van der Waals surface area contributed by atoms with Crippen molar-refractivity contribution in [2.45, 2.75) is 18.9 Å². The lowest BCUT2D eigenvalue weighted by Gasteiger charge is -2.24. The van der Waals surface area contributed by atoms with E-state index in [-0.39, 0.29) is 11.5 Å². The zero-order valence-corrected chi connectivity index (χ0v) is 13.1. The first-order valence-corrected chi connectivity index (χ1v) is 8.52. The van der Waals surface area contributed by atoms with Crippen LogP contribution in [0.2, 0.25) is 10.0 Å². The molecule has 0 radical (unpaired) electrons. The fourth-order valence-corrected chi connectivity index (χ4v) is 4.56. The SMILES string of the molecule is C[C@@]1(NC(=O)Nc2cc(Cl)ccc2Cl)CCS(=O)(=O)C1. The largest absolute Gasteiger partial charge is 0.332 e. The molecular formula is C12H14Cl2N2O3S. The summed E-state index contributed by atoms with van der Waals surface area (Å²) in [6.45, 7) is 1.71. The number of carbonyl (C=O) groups is 1. The summed E-state index contributed by atoms with van der Waals surface area (Å²) in [7, 11) is -3.08. The molecule has 1 aliphatic heterocycles. The molecule has 2 amide bonds. The van der Waals surface area contributed by atoms with E-state index in [1.165, 1.54) is 6.07 Å². The average Bonchev–Trinajstić information content (AvgIpc) is 2.57. The predicted octanol–water partition coefficient (Wildman–Crippen LogP) is 2.69. The molecule has 1 aromatic rings. The summed E-state index contributed by atoms with van der Waals surface area (Å²) in [6, 6.07) is 4.20. The van der Waals surface area contributed by atoms with Crippen molar-refractivity contribution in [3.05, 3.63) is 28.2 Å². The normalized spacial score (nSPS) is 24.4. The fraction of sp³-hybridized carbons (Fsp3) is 0.417. The third-order valence-corrected chi connectivity index (χ3v) is 5.56. The lowest BCUT2D eigenvalue weighted by Crippen LogP contribution is -2.48. The molecule has 1 heterocycles. The molecule has 0 unspecified atom stereocenters. The second-order valence-corrected chi connectivity index (χ2v) is 8.13. The highest BCUT2D eigenvalue weighted by molar-refractivity contribution is 7.91. The molecule has 2 N–H and O–H groups in total. The number of halogens is 2. The zero-order valence-electron chi connectivity index (χ0n) is 10.7. The van der Waals surface area contributed by atoms with Gasteiger partial charge in [-0.2, -0.15) is 0 Å². The first-order valence-electron chi connectivity index (χ1n) is 5.94. The molecule has 0 spiro atoms. The molecule has 8 heteroatoms. The monoisotopic (exact) mass is 336 g/mol. The Labute approximate surface area is 127 Å². The summed E-state index contributed by atoms with van der Waals surface area (Å²) in [5.74, 6) is 0.0262. The Morgan fingerprint density at radius 3 is 2.65 bits per heavy atom. The van der Waals surface area contributed by atoms with Crippen LogP contribution in [0.4, 0.5) is 10.5 Å². The van der Waals surface area contributed by atoms with Crippen LogP contribution in [0.25, 0.3) is 0 Å². The first kappa shape index (κ1) is 15.4. The van der Waals surface area contributed by atoms with Crippen molar-refractivity contribution >= 4 is 44.8 Å². The summed E-state index contributed by atoms with van der Waals surface area (Å²) in [5, 5.41) is 6.04. The van der Waals surface area contributed by atoms with Crippen LogP contribution < -0.4 is 10.6 Å². The molecule has 1 aromatic carbocycles. The van der Waals surface area contributed by atoms with E-state index in [0.29, 0.717) is 22.2 Å². The zero-order chi connectivity index (χ0) is 15.0. The summed E-state index contributed by atoms with van der Waals surface area (Å²) < 4.78 is 22.9. The fourth-order valence-electron chi connectivity index (χ4n) is 2.13. The quantitative estimate of drug-likeness (QED) is 0.871. The maximum Gasteiger partial charge on any atom is 0.319 e. The third kappa shape index (κ3) is 3.77. The minimum absolute atomic E-state index is 0.0588. The second-order valence-electron chi connectivity index (χ2n) is 5.11. The van der Waals surface area contributed by atoms with Gasteiger partial charge in [-0.05, 0) is 31.5 Å². The summed E-state index contributed by atoms with van der Waals surface area (Å²) in [6.07, 6.45) is 0.395. The number of sulfone groups is 1. The van der Waals surface area contributed by atoms with Crippen molar-refractivity contribution in [3.8, 4) is 0 Å². The van der Waals surface area contributed by atoms with Gasteiger partial charge in [0.25, 0.3) is 0 Å². The summed E-state index contributed by atoms with van der Waals surface area (Å²) in [5.41, 5.74) is -0.380. The number of urea groups is 1. The third-order valence-electron chi connectivity index (χ3n) is 3.10. The Kier molecular flexibility index (Phi) is 4.18. The van der Waals surface area contributed by atoms with Gasteiger partial charge in [-0.15, -0.1) is 0 Å². The molecule has 2 rings (SSSR count). The molecule has 20 heavy (non-hydrogen) atoms. The smallest absolute Gasteiger partial charge is 0.319 e. The highest BCUT2D eigenvalue weighted by Crippen LogP contribution is 2.26. The van der Waals surface area contributed by atoms with E-state index in [9.17, 15) is 13.2 Å². The minimum atomic E-state index is -3.08. The van der Waals surface area contributed by atoms with E-state index in [4.69, 9.17) is 23.2 Å². The molecule has 1 saturated heterocycles. The van der Waals surface area contributed by atoms with Crippen LogP contribution in [0, 0.1) is 0 Å². The highest BCUT2D eigenvalue weighted by Gasteiger charge is 2.39. The number of rotatable bonds is 2. The Morgan fingerprint density at radius 1 is 1.35 bits per heavy atom. The lowest BCUT2D eigenvalue weighted by atomic mass is 10.0. The van der Waals surface area contributed by atoms with Crippen molar-refractivity contribution < 1.29 is 13.2 Å². The van der Waals surface area contributed by atoms with E-state index in [1.54, 1.807) is 19.1 Å². The Hall–Kier alpha value is -0.980. The van der Waals surface area contributed by atoms with Gasteiger partial charge >= 0.3 is 6.03 Å². The van der Waals surface area contributed by atoms with Gasteiger partial charge in [-0.25, -0.2) is 13.2 Å². The van der Waals surface area contributed by atoms with Gasteiger partial charge in [0, 0.05) is 5.02 Å². The van der Waals surface area contributed by atoms with Crippen LogP contribution in [0.15, 0.2) is 18.2 Å². The van der Waals surface area contributed by atoms with Crippen LogP contribution in [-0.4, -0.2) is 31.5 Å². The summed E-state index contributed by atoms with van der Waals surface area (Å²) >= 11 is 11.8. The molecule has 0 aromatic heterocycles. The molecule has 0 aliphatic carbocycles. The highest BCUT2D eigenvalue weighted by atomic mass is 35.5. The Balaban J connectivity index is 2.05. The summed E-state index contributed by atoms with van der Waals surface area (Å²) in [4.78, 5) is 11.9. The van der Waals surface area contributed by atoms with E-state index in [0.717, 1.165) is 0 Å². The van der Waals surface area contributed by atoms with Gasteiger partial charge in [0.05, 0.1) is 27.8 Å². The van der Waals surface area contributed by atoms with E-state index in [2.05, 4.69) is 10.6 Å². The van der Waals surface area contributed by atoms with Crippen LogP contribution in [0.3, 0.4) is 0 Å². The topological polar surface area (TPSA) is 75.3 Å². The van der Waals surface area contributed by atoms with Crippen LogP contribution in [0.1, 0.15) is 13.3 Å². The second kappa shape index (κ2) is 5.42. The van der Waals surface area contributed by atoms with Gasteiger partial charge in [-0.3, -0.25) is 0 Å². The lowest BCUT2D eigenvalue weighted by molar-refractivity contribution is 0.242. The molecule has 5 nitrogen and oxygen atoms in total. The van der Waals surface area contributed by atoms with Crippen molar-refractivity contribution in [2.75, 3.05) is 16.8 Å². The Morgan fingerprint density at radius 2 is 2.05 bits per heavy atom. The molecule has 0 bridgehead atoms. The van der Waals surface area contributed by atoms with Crippen LogP contribution in [-0.2, 0) is 9.84 Å². The van der Waals surface area contributed by atoms with Crippen LogP contribution in [0.5, 0.6) is 0 Å². The molecule has 1 fully saturated rings. The molecule has 1 aliphatic rings. The average molecular weight is 337 g/mol. The Bertz CT molecular complexity index is 648. The van der Waals surface area contributed by atoms with Gasteiger partial charge in [-0.1, -0.05) is 23.2 Å². The number of hydrogen-bond acceptors (Lipinski definition) is 3. The van der Waals surface area contributed by atoms with E-state index >= 15 is 0 Å². The number of carbonyl (C=O) groups excluding carboxylic acids is 1. The van der Waals surface area contributed by atoms with E-state index < -0.39 is 21.4 Å². The van der Waals surface area contributed by atoms with Gasteiger partial charge < -0.3 is 10.6 Å². The van der Waals surface area contributed by atoms with Gasteiger partial charge in [0.1, 0.15) is 0 Å². The van der Waals surface area contributed by atoms with E-state index in [1.807, 2.05) is 0 Å².